The lowest BCUT2D eigenvalue weighted by Crippen LogP contribution is -2.29. The predicted octanol–water partition coefficient (Wildman–Crippen LogP) is 1.51. The maximum atomic E-state index is 12.4. The highest BCUT2D eigenvalue weighted by molar-refractivity contribution is 5.94. The van der Waals surface area contributed by atoms with Gasteiger partial charge in [-0.25, -0.2) is 4.68 Å². The summed E-state index contributed by atoms with van der Waals surface area (Å²) in [7, 11) is 1.63. The fraction of sp³-hybridized carbons (Fsp3) is 0.400. The molecule has 1 aromatic carbocycles. The van der Waals surface area contributed by atoms with E-state index < -0.39 is 0 Å². The molecule has 1 aliphatic rings. The number of methoxy groups -OCH3 is 1. The minimum Gasteiger partial charge on any atom is -0.378 e. The molecule has 0 unspecified atom stereocenters. The number of amides is 1. The van der Waals surface area contributed by atoms with Crippen molar-refractivity contribution < 1.29 is 9.53 Å². The number of hydrogen-bond donors (Lipinski definition) is 0. The summed E-state index contributed by atoms with van der Waals surface area (Å²) in [6, 6.07) is 9.57. The van der Waals surface area contributed by atoms with E-state index in [2.05, 4.69) is 10.3 Å². The molecule has 1 fully saturated rings. The van der Waals surface area contributed by atoms with Gasteiger partial charge in [0, 0.05) is 25.8 Å². The first-order chi connectivity index (χ1) is 10.3. The third-order valence-corrected chi connectivity index (χ3v) is 3.70. The van der Waals surface area contributed by atoms with Gasteiger partial charge in [-0.05, 0) is 18.6 Å². The lowest BCUT2D eigenvalue weighted by atomic mass is 10.2. The molecule has 3 rings (SSSR count). The lowest BCUT2D eigenvalue weighted by Gasteiger charge is -2.16. The minimum atomic E-state index is 0.0790. The molecule has 0 saturated carbocycles. The van der Waals surface area contributed by atoms with Crippen LogP contribution in [0, 0.1) is 0 Å². The standard InChI is InChI=1S/C15H18N4O2/c1-21-11-13-9-19(17-16-13)14-7-8-18(10-14)15(20)12-5-3-2-4-6-12/h2-6,9,14H,7-8,10-11H2,1H3/t14-/m1/s1. The van der Waals surface area contributed by atoms with E-state index in [0.717, 1.165) is 24.2 Å². The van der Waals surface area contributed by atoms with E-state index in [0.29, 0.717) is 13.2 Å². The first kappa shape index (κ1) is 13.8. The van der Waals surface area contributed by atoms with E-state index in [9.17, 15) is 4.79 Å². The number of ether oxygens (including phenoxy) is 1. The third-order valence-electron chi connectivity index (χ3n) is 3.70. The molecule has 1 atom stereocenters. The maximum Gasteiger partial charge on any atom is 0.253 e. The molecule has 1 amide bonds. The Balaban J connectivity index is 1.66. The topological polar surface area (TPSA) is 60.2 Å². The van der Waals surface area contributed by atoms with Gasteiger partial charge in [-0.2, -0.15) is 0 Å². The number of aromatic nitrogens is 3. The molecule has 0 aliphatic carbocycles. The fourth-order valence-corrected chi connectivity index (χ4v) is 2.61. The molecule has 1 aliphatic heterocycles. The number of benzene rings is 1. The quantitative estimate of drug-likeness (QED) is 0.855. The summed E-state index contributed by atoms with van der Waals surface area (Å²) in [5.74, 6) is 0.0790. The predicted molar refractivity (Wildman–Crippen MR) is 76.7 cm³/mol. The molecule has 2 aromatic rings. The van der Waals surface area contributed by atoms with Crippen LogP contribution in [0.4, 0.5) is 0 Å². The van der Waals surface area contributed by atoms with Crippen molar-refractivity contribution in [3.63, 3.8) is 0 Å². The Bertz CT molecular complexity index is 611. The van der Waals surface area contributed by atoms with Gasteiger partial charge < -0.3 is 9.64 Å². The second-order valence-electron chi connectivity index (χ2n) is 5.18. The Labute approximate surface area is 123 Å². The van der Waals surface area contributed by atoms with Gasteiger partial charge in [0.1, 0.15) is 5.69 Å². The van der Waals surface area contributed by atoms with Gasteiger partial charge in [0.25, 0.3) is 5.91 Å². The van der Waals surface area contributed by atoms with Gasteiger partial charge in [0.15, 0.2) is 0 Å². The average molecular weight is 286 g/mol. The molecule has 110 valence electrons. The van der Waals surface area contributed by atoms with Crippen LogP contribution in [0.3, 0.4) is 0 Å². The van der Waals surface area contributed by atoms with Gasteiger partial charge in [0.2, 0.25) is 0 Å². The first-order valence-corrected chi connectivity index (χ1v) is 7.02. The van der Waals surface area contributed by atoms with Crippen molar-refractivity contribution in [1.29, 1.82) is 0 Å². The number of carbonyl (C=O) groups is 1. The van der Waals surface area contributed by atoms with E-state index in [1.165, 1.54) is 0 Å². The van der Waals surface area contributed by atoms with Crippen LogP contribution >= 0.6 is 0 Å². The van der Waals surface area contributed by atoms with Crippen molar-refractivity contribution in [2.45, 2.75) is 19.1 Å². The van der Waals surface area contributed by atoms with Gasteiger partial charge in [-0.3, -0.25) is 4.79 Å². The zero-order valence-corrected chi connectivity index (χ0v) is 12.0. The second-order valence-corrected chi connectivity index (χ2v) is 5.18. The second kappa shape index (κ2) is 6.05. The molecular weight excluding hydrogens is 268 g/mol. The zero-order valence-electron chi connectivity index (χ0n) is 12.0. The van der Waals surface area contributed by atoms with Crippen LogP contribution in [-0.4, -0.2) is 46.0 Å². The van der Waals surface area contributed by atoms with Gasteiger partial charge >= 0.3 is 0 Å². The number of rotatable bonds is 4. The highest BCUT2D eigenvalue weighted by atomic mass is 16.5. The van der Waals surface area contributed by atoms with Crippen LogP contribution in [0.25, 0.3) is 0 Å². The summed E-state index contributed by atoms with van der Waals surface area (Å²) < 4.78 is 6.88. The molecule has 1 aromatic heterocycles. The smallest absolute Gasteiger partial charge is 0.253 e. The average Bonchev–Trinajstić information content (AvgIpc) is 3.16. The maximum absolute atomic E-state index is 12.4. The SMILES string of the molecule is COCc1cn([C@@H]2CCN(C(=O)c3ccccc3)C2)nn1. The van der Waals surface area contributed by atoms with Crippen LogP contribution in [0.2, 0.25) is 0 Å². The third kappa shape index (κ3) is 2.95. The Morgan fingerprint density at radius 1 is 1.38 bits per heavy atom. The van der Waals surface area contributed by atoms with Crippen molar-refractivity contribution >= 4 is 5.91 Å². The van der Waals surface area contributed by atoms with Crippen LogP contribution in [0.15, 0.2) is 36.5 Å². The molecule has 6 nitrogen and oxygen atoms in total. The van der Waals surface area contributed by atoms with Gasteiger partial charge in [-0.1, -0.05) is 23.4 Å². The molecule has 1 saturated heterocycles. The fourth-order valence-electron chi connectivity index (χ4n) is 2.61. The van der Waals surface area contributed by atoms with Crippen molar-refractivity contribution in [1.82, 2.24) is 19.9 Å². The van der Waals surface area contributed by atoms with E-state index in [1.807, 2.05) is 46.1 Å². The number of hydrogen-bond acceptors (Lipinski definition) is 4. The van der Waals surface area contributed by atoms with Crippen LogP contribution in [0.5, 0.6) is 0 Å². The van der Waals surface area contributed by atoms with Crippen molar-refractivity contribution in [3.8, 4) is 0 Å². The number of nitrogens with zero attached hydrogens (tertiary/aromatic N) is 4. The minimum absolute atomic E-state index is 0.0790. The lowest BCUT2D eigenvalue weighted by molar-refractivity contribution is 0.0787. The molecule has 0 spiro atoms. The first-order valence-electron chi connectivity index (χ1n) is 7.02. The van der Waals surface area contributed by atoms with Crippen LogP contribution < -0.4 is 0 Å². The zero-order chi connectivity index (χ0) is 14.7. The summed E-state index contributed by atoms with van der Waals surface area (Å²) >= 11 is 0. The van der Waals surface area contributed by atoms with E-state index in [4.69, 9.17) is 4.74 Å². The largest absolute Gasteiger partial charge is 0.378 e. The summed E-state index contributed by atoms with van der Waals surface area (Å²) in [4.78, 5) is 14.3. The Morgan fingerprint density at radius 2 is 2.19 bits per heavy atom. The van der Waals surface area contributed by atoms with E-state index in [1.54, 1.807) is 7.11 Å². The Kier molecular flexibility index (Phi) is 3.96. The number of likely N-dealkylation sites (tertiary alicyclic amines) is 1. The Hall–Kier alpha value is -2.21. The van der Waals surface area contributed by atoms with Crippen molar-refractivity contribution in [2.24, 2.45) is 0 Å². The molecular formula is C15H18N4O2. The molecule has 0 N–H and O–H groups in total. The normalized spacial score (nSPS) is 18.1. The summed E-state index contributed by atoms with van der Waals surface area (Å²) in [6.45, 7) is 1.88. The van der Waals surface area contributed by atoms with Gasteiger partial charge in [0.05, 0.1) is 18.8 Å². The van der Waals surface area contributed by atoms with E-state index in [-0.39, 0.29) is 11.9 Å². The highest BCUT2D eigenvalue weighted by Gasteiger charge is 2.28. The Morgan fingerprint density at radius 3 is 2.95 bits per heavy atom. The molecule has 21 heavy (non-hydrogen) atoms. The van der Waals surface area contributed by atoms with Crippen molar-refractivity contribution in [2.75, 3.05) is 20.2 Å². The summed E-state index contributed by atoms with van der Waals surface area (Å²) in [5.41, 5.74) is 1.54. The van der Waals surface area contributed by atoms with Gasteiger partial charge in [-0.15, -0.1) is 5.10 Å². The summed E-state index contributed by atoms with van der Waals surface area (Å²) in [6.07, 6.45) is 2.79. The van der Waals surface area contributed by atoms with Crippen LogP contribution in [-0.2, 0) is 11.3 Å². The molecule has 2 heterocycles. The number of carbonyl (C=O) groups excluding carboxylic acids is 1. The monoisotopic (exact) mass is 286 g/mol. The van der Waals surface area contributed by atoms with Crippen LogP contribution in [0.1, 0.15) is 28.5 Å². The summed E-state index contributed by atoms with van der Waals surface area (Å²) in [5, 5.41) is 8.20. The van der Waals surface area contributed by atoms with Crippen molar-refractivity contribution in [3.05, 3.63) is 47.8 Å². The highest BCUT2D eigenvalue weighted by Crippen LogP contribution is 2.22. The molecule has 0 radical (unpaired) electrons. The molecule has 0 bridgehead atoms. The molecule has 6 heteroatoms. The van der Waals surface area contributed by atoms with E-state index >= 15 is 0 Å².